The molecule has 2 aromatic heterocycles. The molecule has 0 aliphatic carbocycles. The van der Waals surface area contributed by atoms with Crippen LogP contribution in [0.2, 0.25) is 0 Å². The first-order valence-electron chi connectivity index (χ1n) is 5.65. The molecule has 0 unspecified atom stereocenters. The molecule has 0 aliphatic heterocycles. The monoisotopic (exact) mass is 301 g/mol. The number of carbonyl (C=O) groups is 1. The quantitative estimate of drug-likeness (QED) is 0.941. The van der Waals surface area contributed by atoms with Crippen LogP contribution in [-0.4, -0.2) is 33.0 Å². The molecule has 0 spiro atoms. The topological polar surface area (TPSA) is 77.2 Å². The van der Waals surface area contributed by atoms with Gasteiger partial charge in [0.05, 0.1) is 24.6 Å². The number of alkyl halides is 3. The number of rotatable bonds is 3. The number of nitrogens with zero attached hydrogens (tertiary/aromatic N) is 3. The van der Waals surface area contributed by atoms with E-state index in [4.69, 9.17) is 9.84 Å². The number of hydrogen-bond donors (Lipinski definition) is 1. The van der Waals surface area contributed by atoms with Gasteiger partial charge in [0, 0.05) is 6.20 Å². The summed E-state index contributed by atoms with van der Waals surface area (Å²) in [6.07, 6.45) is -2.82. The third-order valence-corrected chi connectivity index (χ3v) is 2.82. The fourth-order valence-corrected chi connectivity index (χ4v) is 1.73. The van der Waals surface area contributed by atoms with Crippen molar-refractivity contribution in [1.82, 2.24) is 14.8 Å². The highest BCUT2D eigenvalue weighted by Crippen LogP contribution is 2.33. The third kappa shape index (κ3) is 2.67. The van der Waals surface area contributed by atoms with E-state index in [0.29, 0.717) is 6.20 Å². The summed E-state index contributed by atoms with van der Waals surface area (Å²) in [4.78, 5) is 14.6. The lowest BCUT2D eigenvalue weighted by Crippen LogP contribution is -2.10. The summed E-state index contributed by atoms with van der Waals surface area (Å²) in [5, 5.41) is 12.8. The van der Waals surface area contributed by atoms with Crippen molar-refractivity contribution in [2.75, 3.05) is 7.11 Å². The smallest absolute Gasteiger partial charge is 0.418 e. The van der Waals surface area contributed by atoms with Crippen LogP contribution in [0.15, 0.2) is 18.5 Å². The minimum absolute atomic E-state index is 0.0181. The van der Waals surface area contributed by atoms with Crippen LogP contribution >= 0.6 is 0 Å². The Bertz CT molecular complexity index is 695. The van der Waals surface area contributed by atoms with E-state index in [2.05, 4.69) is 10.1 Å². The van der Waals surface area contributed by atoms with Crippen molar-refractivity contribution in [1.29, 1.82) is 0 Å². The van der Waals surface area contributed by atoms with Crippen LogP contribution < -0.4 is 4.74 Å². The molecule has 0 amide bonds. The summed E-state index contributed by atoms with van der Waals surface area (Å²) in [5.74, 6) is -1.37. The molecule has 21 heavy (non-hydrogen) atoms. The van der Waals surface area contributed by atoms with E-state index in [0.717, 1.165) is 16.9 Å². The van der Waals surface area contributed by atoms with E-state index >= 15 is 0 Å². The van der Waals surface area contributed by atoms with Gasteiger partial charge >= 0.3 is 12.1 Å². The van der Waals surface area contributed by atoms with Crippen molar-refractivity contribution in [3.63, 3.8) is 0 Å². The molecule has 0 bridgehead atoms. The third-order valence-electron chi connectivity index (χ3n) is 2.82. The van der Waals surface area contributed by atoms with Crippen LogP contribution in [0.5, 0.6) is 5.75 Å². The van der Waals surface area contributed by atoms with Gasteiger partial charge in [-0.1, -0.05) is 0 Å². The molecule has 112 valence electrons. The molecule has 0 aliphatic rings. The highest BCUT2D eigenvalue weighted by atomic mass is 19.4. The van der Waals surface area contributed by atoms with Crippen molar-refractivity contribution in [2.24, 2.45) is 0 Å². The Labute approximate surface area is 116 Å². The van der Waals surface area contributed by atoms with Gasteiger partial charge in [-0.3, -0.25) is 0 Å². The molecule has 2 aromatic rings. The van der Waals surface area contributed by atoms with Gasteiger partial charge in [0.25, 0.3) is 0 Å². The van der Waals surface area contributed by atoms with Crippen molar-refractivity contribution >= 4 is 5.97 Å². The summed E-state index contributed by atoms with van der Waals surface area (Å²) >= 11 is 0. The second kappa shape index (κ2) is 5.08. The van der Waals surface area contributed by atoms with E-state index < -0.39 is 17.7 Å². The van der Waals surface area contributed by atoms with Gasteiger partial charge in [-0.25, -0.2) is 14.5 Å². The van der Waals surface area contributed by atoms with Crippen LogP contribution in [0, 0.1) is 6.92 Å². The maximum absolute atomic E-state index is 12.6. The van der Waals surface area contributed by atoms with Gasteiger partial charge in [0.15, 0.2) is 11.6 Å². The molecule has 0 fully saturated rings. The van der Waals surface area contributed by atoms with E-state index in [1.807, 2.05) is 0 Å². The Morgan fingerprint density at radius 1 is 1.38 bits per heavy atom. The summed E-state index contributed by atoms with van der Waals surface area (Å²) in [6, 6.07) is 0.782. The lowest BCUT2D eigenvalue weighted by Gasteiger charge is -2.12. The molecular weight excluding hydrogens is 291 g/mol. The summed E-state index contributed by atoms with van der Waals surface area (Å²) in [6.45, 7) is 1.47. The number of halogens is 3. The number of carboxylic acid groups (broad SMARTS) is 1. The maximum Gasteiger partial charge on any atom is 0.418 e. The van der Waals surface area contributed by atoms with E-state index in [-0.39, 0.29) is 22.8 Å². The molecule has 9 heteroatoms. The minimum atomic E-state index is -4.55. The Kier molecular flexibility index (Phi) is 3.58. The minimum Gasteiger partial charge on any atom is -0.493 e. The first kappa shape index (κ1) is 14.8. The van der Waals surface area contributed by atoms with Crippen molar-refractivity contribution in [3.05, 3.63) is 35.3 Å². The second-order valence-electron chi connectivity index (χ2n) is 4.11. The number of ether oxygens (including phenoxy) is 1. The Balaban J connectivity index is 2.57. The van der Waals surface area contributed by atoms with Crippen molar-refractivity contribution in [3.8, 4) is 11.6 Å². The molecule has 0 saturated carbocycles. The second-order valence-corrected chi connectivity index (χ2v) is 4.11. The molecular formula is C12H10F3N3O3. The van der Waals surface area contributed by atoms with Gasteiger partial charge in [-0.2, -0.15) is 18.3 Å². The Hall–Kier alpha value is -2.58. The molecule has 2 rings (SSSR count). The van der Waals surface area contributed by atoms with E-state index in [1.54, 1.807) is 0 Å². The van der Waals surface area contributed by atoms with Crippen LogP contribution in [-0.2, 0) is 6.18 Å². The van der Waals surface area contributed by atoms with E-state index in [9.17, 15) is 18.0 Å². The standard InChI is InChI=1S/C12H10F3N3O3/c1-6-8(11(19)20)5-17-18(6)10-9(21-2)3-7(4-16-10)12(13,14)15/h3-5H,1-2H3,(H,19,20). The number of pyridine rings is 1. The molecule has 0 saturated heterocycles. The number of hydrogen-bond acceptors (Lipinski definition) is 4. The molecule has 1 N–H and O–H groups in total. The van der Waals surface area contributed by atoms with Gasteiger partial charge in [0.2, 0.25) is 0 Å². The first-order chi connectivity index (χ1) is 9.75. The Morgan fingerprint density at radius 2 is 2.05 bits per heavy atom. The van der Waals surface area contributed by atoms with Crippen LogP contribution in [0.25, 0.3) is 5.82 Å². The van der Waals surface area contributed by atoms with Crippen LogP contribution in [0.3, 0.4) is 0 Å². The largest absolute Gasteiger partial charge is 0.493 e. The normalized spacial score (nSPS) is 11.5. The SMILES string of the molecule is COc1cc(C(F)(F)F)cnc1-n1ncc(C(=O)O)c1C. The predicted octanol–water partition coefficient (Wildman–Crippen LogP) is 2.30. The maximum atomic E-state index is 12.6. The summed E-state index contributed by atoms with van der Waals surface area (Å²) < 4.78 is 43.9. The fourth-order valence-electron chi connectivity index (χ4n) is 1.73. The lowest BCUT2D eigenvalue weighted by atomic mass is 10.2. The van der Waals surface area contributed by atoms with Gasteiger partial charge in [0.1, 0.15) is 5.56 Å². The Morgan fingerprint density at radius 3 is 2.52 bits per heavy atom. The number of aromatic carboxylic acids is 1. The van der Waals surface area contributed by atoms with Gasteiger partial charge < -0.3 is 9.84 Å². The highest BCUT2D eigenvalue weighted by molar-refractivity contribution is 5.88. The zero-order chi connectivity index (χ0) is 15.8. The van der Waals surface area contributed by atoms with Crippen LogP contribution in [0.1, 0.15) is 21.6 Å². The predicted molar refractivity (Wildman–Crippen MR) is 64.6 cm³/mol. The number of carboxylic acids is 1. The van der Waals surface area contributed by atoms with Gasteiger partial charge in [-0.05, 0) is 13.0 Å². The molecule has 0 aromatic carbocycles. The molecule has 6 nitrogen and oxygen atoms in total. The van der Waals surface area contributed by atoms with Gasteiger partial charge in [-0.15, -0.1) is 0 Å². The number of aromatic nitrogens is 3. The zero-order valence-electron chi connectivity index (χ0n) is 11.0. The highest BCUT2D eigenvalue weighted by Gasteiger charge is 2.32. The average molecular weight is 301 g/mol. The van der Waals surface area contributed by atoms with Crippen molar-refractivity contribution in [2.45, 2.75) is 13.1 Å². The molecule has 2 heterocycles. The number of methoxy groups -OCH3 is 1. The van der Waals surface area contributed by atoms with E-state index in [1.165, 1.54) is 14.0 Å². The average Bonchev–Trinajstić information content (AvgIpc) is 2.78. The molecule has 0 radical (unpaired) electrons. The lowest BCUT2D eigenvalue weighted by molar-refractivity contribution is -0.137. The molecule has 0 atom stereocenters. The summed E-state index contributed by atoms with van der Waals surface area (Å²) in [5.41, 5.74) is -0.807. The van der Waals surface area contributed by atoms with Crippen LogP contribution in [0.4, 0.5) is 13.2 Å². The fraction of sp³-hybridized carbons (Fsp3) is 0.250. The zero-order valence-corrected chi connectivity index (χ0v) is 11.0. The summed E-state index contributed by atoms with van der Waals surface area (Å²) in [7, 11) is 1.19. The van der Waals surface area contributed by atoms with Crippen molar-refractivity contribution < 1.29 is 27.8 Å². The first-order valence-corrected chi connectivity index (χ1v) is 5.65.